The molecule has 0 aromatic heterocycles. The van der Waals surface area contributed by atoms with Gasteiger partial charge in [-0.15, -0.1) is 0 Å². The van der Waals surface area contributed by atoms with E-state index in [0.29, 0.717) is 0 Å². The monoisotopic (exact) mass is 806 g/mol. The average molecular weight is 807 g/mol. The summed E-state index contributed by atoms with van der Waals surface area (Å²) in [5.74, 6) is 0. The molecule has 0 heterocycles. The molecule has 4 aromatic carbocycles. The van der Waals surface area contributed by atoms with E-state index >= 15 is 0 Å². The van der Waals surface area contributed by atoms with Crippen LogP contribution >= 0.6 is 50.5 Å². The van der Waals surface area contributed by atoms with Crippen molar-refractivity contribution in [1.82, 2.24) is 0 Å². The number of benzene rings is 4. The summed E-state index contributed by atoms with van der Waals surface area (Å²) in [7, 11) is 10.3. The molecule has 7 heteroatoms. The second-order valence-electron chi connectivity index (χ2n) is 8.98. The van der Waals surface area contributed by atoms with Gasteiger partial charge in [0.2, 0.25) is 0 Å². The van der Waals surface area contributed by atoms with Gasteiger partial charge in [0.25, 0.3) is 0 Å². The summed E-state index contributed by atoms with van der Waals surface area (Å²) >= 11 is -0.806. The molecule has 0 amide bonds. The molecule has 0 nitrogen and oxygen atoms in total. The molecule has 0 atom stereocenters. The van der Waals surface area contributed by atoms with Gasteiger partial charge in [0, 0.05) is 0 Å². The van der Waals surface area contributed by atoms with Gasteiger partial charge in [0.15, 0.2) is 0 Å². The van der Waals surface area contributed by atoms with Gasteiger partial charge in [-0.05, 0) is 74.5 Å². The van der Waals surface area contributed by atoms with Gasteiger partial charge >= 0.3 is 35.3 Å². The zero-order chi connectivity index (χ0) is 29.5. The standard InChI is InChI=1S/4C8H11P.2ClH.W/c4*1-9(2)8-6-4-3-5-7-8;;;/h4*3-7H,1-2H3;2*1H;/q;;;;;;+2/p-2. The Kier molecular flexibility index (Phi) is 25.5. The van der Waals surface area contributed by atoms with Crippen LogP contribution < -0.4 is 21.2 Å². The minimum absolute atomic E-state index is 0.104. The molecule has 0 saturated carbocycles. The number of hydrogen-bond donors (Lipinski definition) is 0. The normalized spacial score (nSPS) is 9.79. The predicted octanol–water partition coefficient (Wildman–Crippen LogP) is 9.59. The van der Waals surface area contributed by atoms with Crippen molar-refractivity contribution in [2.24, 2.45) is 0 Å². The van der Waals surface area contributed by atoms with Crippen molar-refractivity contribution >= 4 is 71.7 Å². The Morgan fingerprint density at radius 3 is 0.538 bits per heavy atom. The first kappa shape index (κ1) is 38.9. The summed E-state index contributed by atoms with van der Waals surface area (Å²) in [5, 5.41) is 5.92. The van der Waals surface area contributed by atoms with Crippen molar-refractivity contribution in [3.8, 4) is 0 Å². The first-order chi connectivity index (χ1) is 18.6. The van der Waals surface area contributed by atoms with Crippen LogP contribution in [0.3, 0.4) is 0 Å². The fraction of sp³-hybridized carbons (Fsp3) is 0.250. The van der Waals surface area contributed by atoms with Gasteiger partial charge in [-0.3, -0.25) is 0 Å². The molecule has 0 aliphatic carbocycles. The topological polar surface area (TPSA) is 0 Å². The summed E-state index contributed by atoms with van der Waals surface area (Å²) in [5.41, 5.74) is 0. The Balaban J connectivity index is 0.000000477. The number of hydrogen-bond acceptors (Lipinski definition) is 0. The van der Waals surface area contributed by atoms with Crippen LogP contribution in [-0.2, 0) is 16.5 Å². The number of rotatable bonds is 4. The summed E-state index contributed by atoms with van der Waals surface area (Å²) in [6.45, 7) is 18.1. The van der Waals surface area contributed by atoms with Crippen molar-refractivity contribution in [2.75, 3.05) is 53.3 Å². The van der Waals surface area contributed by atoms with Crippen LogP contribution in [-0.4, -0.2) is 53.3 Å². The predicted molar refractivity (Wildman–Crippen MR) is 191 cm³/mol. The quantitative estimate of drug-likeness (QED) is 0.180. The average Bonchev–Trinajstić information content (AvgIpc) is 2.96. The summed E-state index contributed by atoms with van der Waals surface area (Å²) in [6.07, 6.45) is 0. The van der Waals surface area contributed by atoms with Crippen molar-refractivity contribution in [3.63, 3.8) is 0 Å². The van der Waals surface area contributed by atoms with Crippen LogP contribution in [0, 0.1) is 0 Å². The van der Waals surface area contributed by atoms with E-state index in [0.717, 1.165) is 0 Å². The fourth-order valence-electron chi connectivity index (χ4n) is 2.90. The van der Waals surface area contributed by atoms with Gasteiger partial charge in [0.05, 0.1) is 0 Å². The SMILES string of the molecule is CP(C)c1ccccc1.CP(C)c1ccccc1.CP(C)c1ccccc1.CP(C)c1ccccc1.[Cl][W][Cl]. The van der Waals surface area contributed by atoms with E-state index in [1.54, 1.807) is 0 Å². The van der Waals surface area contributed by atoms with E-state index < -0.39 is 16.5 Å². The summed E-state index contributed by atoms with van der Waals surface area (Å²) < 4.78 is 0. The van der Waals surface area contributed by atoms with Crippen LogP contribution in [0.5, 0.6) is 0 Å². The molecule has 4 aromatic rings. The first-order valence-corrected chi connectivity index (χ1v) is 28.6. The van der Waals surface area contributed by atoms with Gasteiger partial charge < -0.3 is 0 Å². The van der Waals surface area contributed by atoms with E-state index in [9.17, 15) is 0 Å². The third kappa shape index (κ3) is 21.3. The maximum atomic E-state index is 4.93. The molecule has 0 aliphatic heterocycles. The summed E-state index contributed by atoms with van der Waals surface area (Å²) in [4.78, 5) is 0. The first-order valence-electron chi connectivity index (χ1n) is 12.4. The third-order valence-corrected chi connectivity index (χ3v) is 10.4. The molecule has 0 radical (unpaired) electrons. The van der Waals surface area contributed by atoms with Gasteiger partial charge in [-0.25, -0.2) is 0 Å². The molecule has 0 fully saturated rings. The molecule has 4 rings (SSSR count). The maximum absolute atomic E-state index is 4.93. The molecule has 0 bridgehead atoms. The molecule has 0 unspecified atom stereocenters. The Bertz CT molecular complexity index is 877. The Morgan fingerprint density at radius 2 is 0.462 bits per heavy atom. The van der Waals surface area contributed by atoms with E-state index in [1.165, 1.54) is 21.2 Å². The van der Waals surface area contributed by atoms with Crippen molar-refractivity contribution in [3.05, 3.63) is 121 Å². The van der Waals surface area contributed by atoms with Gasteiger partial charge in [-0.2, -0.15) is 0 Å². The van der Waals surface area contributed by atoms with Crippen molar-refractivity contribution in [2.45, 2.75) is 0 Å². The molecule has 0 saturated heterocycles. The fourth-order valence-corrected chi connectivity index (χ4v) is 5.98. The van der Waals surface area contributed by atoms with E-state index in [-0.39, 0.29) is 31.7 Å². The molecular formula is C32H44Cl2P4W. The van der Waals surface area contributed by atoms with Gasteiger partial charge in [0.1, 0.15) is 0 Å². The molecule has 0 spiro atoms. The molecule has 0 N–H and O–H groups in total. The van der Waals surface area contributed by atoms with Crippen LogP contribution in [0.1, 0.15) is 0 Å². The number of halogens is 2. The molecule has 0 aliphatic rings. The summed E-state index contributed by atoms with van der Waals surface area (Å²) in [6, 6.07) is 42.5. The zero-order valence-corrected chi connectivity index (χ0v) is 32.5. The van der Waals surface area contributed by atoms with Crippen LogP contribution in [0.4, 0.5) is 0 Å². The van der Waals surface area contributed by atoms with Crippen LogP contribution in [0.2, 0.25) is 0 Å². The van der Waals surface area contributed by atoms with Crippen molar-refractivity contribution in [1.29, 1.82) is 0 Å². The van der Waals surface area contributed by atoms with Gasteiger partial charge in [-0.1, -0.05) is 153 Å². The van der Waals surface area contributed by atoms with E-state index in [1.807, 2.05) is 0 Å². The Labute approximate surface area is 261 Å². The van der Waals surface area contributed by atoms with E-state index in [2.05, 4.69) is 175 Å². The van der Waals surface area contributed by atoms with Crippen LogP contribution in [0.25, 0.3) is 0 Å². The van der Waals surface area contributed by atoms with E-state index in [4.69, 9.17) is 18.8 Å². The molecular weight excluding hydrogens is 763 g/mol. The third-order valence-electron chi connectivity index (χ3n) is 5.09. The molecule has 212 valence electrons. The zero-order valence-electron chi connectivity index (χ0n) is 24.5. The molecule has 39 heavy (non-hydrogen) atoms. The Morgan fingerprint density at radius 1 is 0.333 bits per heavy atom. The van der Waals surface area contributed by atoms with Crippen LogP contribution in [0.15, 0.2) is 121 Å². The second-order valence-corrected chi connectivity index (χ2v) is 22.4. The minimum atomic E-state index is -0.806. The Hall–Kier alpha value is -0.132. The van der Waals surface area contributed by atoms with Crippen molar-refractivity contribution < 1.29 is 16.5 Å². The second kappa shape index (κ2) is 25.6.